The first-order chi connectivity index (χ1) is 9.61. The average molecular weight is 273 g/mol. The van der Waals surface area contributed by atoms with Gasteiger partial charge < -0.3 is 10.4 Å². The summed E-state index contributed by atoms with van der Waals surface area (Å²) in [6.07, 6.45) is 0.765. The van der Waals surface area contributed by atoms with Crippen molar-refractivity contribution in [1.29, 1.82) is 0 Å². The molecule has 0 bridgehead atoms. The highest BCUT2D eigenvalue weighted by atomic mass is 19.1. The number of carboxylic acids is 1. The normalized spacial score (nSPS) is 11.9. The van der Waals surface area contributed by atoms with Gasteiger partial charge in [0, 0.05) is 0 Å². The fraction of sp³-hybridized carbons (Fsp3) is 0.188. The van der Waals surface area contributed by atoms with Gasteiger partial charge in [0.05, 0.1) is 17.3 Å². The van der Waals surface area contributed by atoms with Crippen LogP contribution in [0.2, 0.25) is 0 Å². The molecule has 0 radical (unpaired) electrons. The van der Waals surface area contributed by atoms with E-state index < -0.39 is 11.8 Å². The molecule has 2 aromatic carbocycles. The maximum atomic E-state index is 13.8. The van der Waals surface area contributed by atoms with Gasteiger partial charge in [0.2, 0.25) is 0 Å². The molecule has 2 aromatic rings. The van der Waals surface area contributed by atoms with Crippen LogP contribution in [-0.4, -0.2) is 11.1 Å². The number of aromatic carboxylic acids is 1. The Morgan fingerprint density at radius 1 is 1.25 bits per heavy atom. The predicted octanol–water partition coefficient (Wildman–Crippen LogP) is 4.09. The van der Waals surface area contributed by atoms with Crippen LogP contribution >= 0.6 is 0 Å². The van der Waals surface area contributed by atoms with Crippen molar-refractivity contribution in [2.45, 2.75) is 19.4 Å². The van der Waals surface area contributed by atoms with Gasteiger partial charge >= 0.3 is 5.97 Å². The molecule has 4 heteroatoms. The number of hydrogen-bond donors (Lipinski definition) is 2. The Labute approximate surface area is 117 Å². The minimum atomic E-state index is -1.07. The van der Waals surface area contributed by atoms with Crippen molar-refractivity contribution in [3.8, 4) is 0 Å². The summed E-state index contributed by atoms with van der Waals surface area (Å²) in [5.74, 6) is -1.52. The van der Waals surface area contributed by atoms with E-state index in [2.05, 4.69) is 5.32 Å². The van der Waals surface area contributed by atoms with Crippen LogP contribution in [0.5, 0.6) is 0 Å². The van der Waals surface area contributed by atoms with Crippen LogP contribution in [0.1, 0.15) is 35.3 Å². The van der Waals surface area contributed by atoms with Crippen molar-refractivity contribution in [2.24, 2.45) is 0 Å². The second kappa shape index (κ2) is 6.19. The Morgan fingerprint density at radius 2 is 1.95 bits per heavy atom. The quantitative estimate of drug-likeness (QED) is 0.862. The zero-order valence-electron chi connectivity index (χ0n) is 11.1. The van der Waals surface area contributed by atoms with Crippen LogP contribution < -0.4 is 5.32 Å². The molecule has 0 aliphatic rings. The molecule has 104 valence electrons. The van der Waals surface area contributed by atoms with Crippen LogP contribution in [0, 0.1) is 5.82 Å². The Kier molecular flexibility index (Phi) is 4.35. The van der Waals surface area contributed by atoms with Gasteiger partial charge in [-0.05, 0) is 30.2 Å². The van der Waals surface area contributed by atoms with Crippen LogP contribution in [0.4, 0.5) is 10.1 Å². The summed E-state index contributed by atoms with van der Waals surface area (Å²) in [6.45, 7) is 1.99. The van der Waals surface area contributed by atoms with E-state index in [1.807, 2.05) is 37.3 Å². The lowest BCUT2D eigenvalue weighted by atomic mass is 10.0. The van der Waals surface area contributed by atoms with Crippen LogP contribution in [-0.2, 0) is 0 Å². The lowest BCUT2D eigenvalue weighted by molar-refractivity contribution is 0.0697. The molecule has 0 saturated carbocycles. The fourth-order valence-electron chi connectivity index (χ4n) is 2.06. The van der Waals surface area contributed by atoms with Crippen molar-refractivity contribution in [1.82, 2.24) is 0 Å². The number of carbonyl (C=O) groups is 1. The molecule has 0 heterocycles. The smallest absolute Gasteiger partial charge is 0.335 e. The van der Waals surface area contributed by atoms with Gasteiger partial charge in [0.1, 0.15) is 5.82 Å². The molecule has 0 amide bonds. The van der Waals surface area contributed by atoms with Gasteiger partial charge in [-0.25, -0.2) is 9.18 Å². The standard InChI is InChI=1S/C16H16FNO2/c1-2-14(11-6-4-3-5-7-11)18-15-10-12(16(19)20)8-9-13(15)17/h3-10,14,18H,2H2,1H3,(H,19,20). The molecule has 0 spiro atoms. The largest absolute Gasteiger partial charge is 0.478 e. The monoisotopic (exact) mass is 273 g/mol. The number of rotatable bonds is 5. The number of benzene rings is 2. The highest BCUT2D eigenvalue weighted by Crippen LogP contribution is 2.25. The first-order valence-corrected chi connectivity index (χ1v) is 6.46. The van der Waals surface area contributed by atoms with Crippen LogP contribution in [0.15, 0.2) is 48.5 Å². The van der Waals surface area contributed by atoms with Crippen LogP contribution in [0.25, 0.3) is 0 Å². The van der Waals surface area contributed by atoms with Gasteiger partial charge in [0.15, 0.2) is 0 Å². The number of halogens is 1. The Balaban J connectivity index is 2.28. The van der Waals surface area contributed by atoms with Crippen molar-refractivity contribution in [2.75, 3.05) is 5.32 Å². The molecular formula is C16H16FNO2. The van der Waals surface area contributed by atoms with E-state index >= 15 is 0 Å². The van der Waals surface area contributed by atoms with Crippen molar-refractivity contribution in [3.05, 3.63) is 65.5 Å². The number of carboxylic acid groups (broad SMARTS) is 1. The van der Waals surface area contributed by atoms with E-state index in [0.717, 1.165) is 12.0 Å². The molecule has 0 aromatic heterocycles. The van der Waals surface area contributed by atoms with Gasteiger partial charge in [0.25, 0.3) is 0 Å². The molecule has 1 unspecified atom stereocenters. The number of anilines is 1. The maximum Gasteiger partial charge on any atom is 0.335 e. The third kappa shape index (κ3) is 3.15. The molecular weight excluding hydrogens is 257 g/mol. The Morgan fingerprint density at radius 3 is 2.55 bits per heavy atom. The van der Waals surface area contributed by atoms with E-state index in [4.69, 9.17) is 5.11 Å². The minimum absolute atomic E-state index is 0.0604. The van der Waals surface area contributed by atoms with E-state index in [1.54, 1.807) is 0 Å². The predicted molar refractivity (Wildman–Crippen MR) is 76.5 cm³/mol. The van der Waals surface area contributed by atoms with Crippen LogP contribution in [0.3, 0.4) is 0 Å². The van der Waals surface area contributed by atoms with Crippen molar-refractivity contribution in [3.63, 3.8) is 0 Å². The average Bonchev–Trinajstić information content (AvgIpc) is 2.47. The van der Waals surface area contributed by atoms with Gasteiger partial charge in [-0.3, -0.25) is 0 Å². The number of hydrogen-bond acceptors (Lipinski definition) is 2. The second-order valence-electron chi connectivity index (χ2n) is 4.52. The third-order valence-electron chi connectivity index (χ3n) is 3.15. The maximum absolute atomic E-state index is 13.8. The zero-order valence-corrected chi connectivity index (χ0v) is 11.1. The first-order valence-electron chi connectivity index (χ1n) is 6.46. The third-order valence-corrected chi connectivity index (χ3v) is 3.15. The lowest BCUT2D eigenvalue weighted by Gasteiger charge is -2.19. The summed E-state index contributed by atoms with van der Waals surface area (Å²) >= 11 is 0. The van der Waals surface area contributed by atoms with Crippen molar-refractivity contribution < 1.29 is 14.3 Å². The summed E-state index contributed by atoms with van der Waals surface area (Å²) in [6, 6.07) is 13.4. The van der Waals surface area contributed by atoms with E-state index in [-0.39, 0.29) is 17.3 Å². The highest BCUT2D eigenvalue weighted by Gasteiger charge is 2.13. The summed E-state index contributed by atoms with van der Waals surface area (Å²) < 4.78 is 13.8. The summed E-state index contributed by atoms with van der Waals surface area (Å²) in [5, 5.41) is 12.0. The van der Waals surface area contributed by atoms with Gasteiger partial charge in [-0.15, -0.1) is 0 Å². The molecule has 2 N–H and O–H groups in total. The summed E-state index contributed by atoms with van der Waals surface area (Å²) in [5.41, 5.74) is 1.31. The second-order valence-corrected chi connectivity index (χ2v) is 4.52. The topological polar surface area (TPSA) is 49.3 Å². The fourth-order valence-corrected chi connectivity index (χ4v) is 2.06. The molecule has 0 fully saturated rings. The van der Waals surface area contributed by atoms with Gasteiger partial charge in [-0.1, -0.05) is 37.3 Å². The SMILES string of the molecule is CCC(Nc1cc(C(=O)O)ccc1F)c1ccccc1. The number of nitrogens with one attached hydrogen (secondary N) is 1. The molecule has 2 rings (SSSR count). The molecule has 0 saturated heterocycles. The van der Waals surface area contributed by atoms with E-state index in [1.165, 1.54) is 18.2 Å². The van der Waals surface area contributed by atoms with Gasteiger partial charge in [-0.2, -0.15) is 0 Å². The molecule has 0 aliphatic heterocycles. The highest BCUT2D eigenvalue weighted by molar-refractivity contribution is 5.88. The molecule has 3 nitrogen and oxygen atoms in total. The molecule has 1 atom stereocenters. The summed E-state index contributed by atoms with van der Waals surface area (Å²) in [4.78, 5) is 10.9. The van der Waals surface area contributed by atoms with E-state index in [0.29, 0.717) is 0 Å². The summed E-state index contributed by atoms with van der Waals surface area (Å²) in [7, 11) is 0. The first kappa shape index (κ1) is 14.1. The lowest BCUT2D eigenvalue weighted by Crippen LogP contribution is -2.11. The Hall–Kier alpha value is -2.36. The van der Waals surface area contributed by atoms with E-state index in [9.17, 15) is 9.18 Å². The Bertz CT molecular complexity index is 599. The van der Waals surface area contributed by atoms with Crippen molar-refractivity contribution >= 4 is 11.7 Å². The minimum Gasteiger partial charge on any atom is -0.478 e. The zero-order chi connectivity index (χ0) is 14.5. The molecule has 0 aliphatic carbocycles. The molecule has 20 heavy (non-hydrogen) atoms.